The molecule has 0 radical (unpaired) electrons. The molecule has 1 atom stereocenters. The summed E-state index contributed by atoms with van der Waals surface area (Å²) in [6.45, 7) is 3.30. The molecule has 96 valence electrons. The summed E-state index contributed by atoms with van der Waals surface area (Å²) in [5.41, 5.74) is 1.37. The van der Waals surface area contributed by atoms with Gasteiger partial charge in [0.1, 0.15) is 0 Å². The Morgan fingerprint density at radius 2 is 2.12 bits per heavy atom. The fraction of sp³-hybridized carbons (Fsp3) is 0.538. The van der Waals surface area contributed by atoms with Crippen molar-refractivity contribution < 1.29 is 0 Å². The Morgan fingerprint density at radius 3 is 2.71 bits per heavy atom. The van der Waals surface area contributed by atoms with Crippen molar-refractivity contribution in [3.8, 4) is 0 Å². The van der Waals surface area contributed by atoms with Gasteiger partial charge in [0.2, 0.25) is 0 Å². The van der Waals surface area contributed by atoms with E-state index >= 15 is 0 Å². The fourth-order valence-electron chi connectivity index (χ4n) is 1.48. The van der Waals surface area contributed by atoms with Crippen LogP contribution in [0.3, 0.4) is 0 Å². The third-order valence-electron chi connectivity index (χ3n) is 2.67. The predicted octanol–water partition coefficient (Wildman–Crippen LogP) is 3.38. The number of hydrogen-bond acceptors (Lipinski definition) is 3. The summed E-state index contributed by atoms with van der Waals surface area (Å²) in [5.74, 6) is 1.12. The summed E-state index contributed by atoms with van der Waals surface area (Å²) in [6.07, 6.45) is 0. The van der Waals surface area contributed by atoms with E-state index in [1.807, 2.05) is 18.8 Å². The molecule has 17 heavy (non-hydrogen) atoms. The number of benzene rings is 1. The molecule has 0 aliphatic rings. The highest BCUT2D eigenvalue weighted by Crippen LogP contribution is 2.30. The van der Waals surface area contributed by atoms with Crippen molar-refractivity contribution in [3.63, 3.8) is 0 Å². The number of nitrogens with one attached hydrogen (secondary N) is 1. The van der Waals surface area contributed by atoms with Crippen LogP contribution in [0.5, 0.6) is 0 Å². The second-order valence-corrected chi connectivity index (χ2v) is 6.40. The summed E-state index contributed by atoms with van der Waals surface area (Å²) >= 11 is 5.47. The first-order valence-electron chi connectivity index (χ1n) is 5.79. The lowest BCUT2D eigenvalue weighted by Gasteiger charge is -2.17. The second kappa shape index (κ2) is 7.41. The van der Waals surface area contributed by atoms with Gasteiger partial charge in [0.05, 0.1) is 0 Å². The zero-order valence-electron chi connectivity index (χ0n) is 11.0. The Morgan fingerprint density at radius 1 is 1.41 bits per heavy atom. The Balaban J connectivity index is 2.76. The van der Waals surface area contributed by atoms with Gasteiger partial charge in [-0.1, -0.05) is 15.9 Å². The van der Waals surface area contributed by atoms with Crippen LogP contribution in [0.15, 0.2) is 27.6 Å². The van der Waals surface area contributed by atoms with Gasteiger partial charge in [-0.25, -0.2) is 0 Å². The van der Waals surface area contributed by atoms with Crippen molar-refractivity contribution in [2.75, 3.05) is 33.4 Å². The number of nitrogens with zero attached hydrogens (tertiary/aromatic N) is 1. The van der Waals surface area contributed by atoms with E-state index < -0.39 is 0 Å². The standard InChI is InChI=1S/C13H21BrN2S/c1-10(15-2)12-9-11(14)5-6-13(12)17-8-7-16(3)4/h5-6,9-10,15H,7-8H2,1-4H3. The summed E-state index contributed by atoms with van der Waals surface area (Å²) in [7, 11) is 6.22. The normalized spacial score (nSPS) is 13.1. The molecule has 1 unspecified atom stereocenters. The van der Waals surface area contributed by atoms with Gasteiger partial charge >= 0.3 is 0 Å². The molecule has 1 N–H and O–H groups in total. The van der Waals surface area contributed by atoms with Crippen LogP contribution in [0.1, 0.15) is 18.5 Å². The molecule has 1 aromatic carbocycles. The molecule has 1 rings (SSSR count). The van der Waals surface area contributed by atoms with Crippen LogP contribution >= 0.6 is 27.7 Å². The average molecular weight is 317 g/mol. The third-order valence-corrected chi connectivity index (χ3v) is 4.23. The zero-order chi connectivity index (χ0) is 12.8. The Labute approximate surface area is 117 Å². The zero-order valence-corrected chi connectivity index (χ0v) is 13.4. The first-order chi connectivity index (χ1) is 8.04. The molecule has 0 aliphatic carbocycles. The van der Waals surface area contributed by atoms with E-state index in [0.29, 0.717) is 6.04 Å². The van der Waals surface area contributed by atoms with E-state index in [2.05, 4.69) is 65.4 Å². The predicted molar refractivity (Wildman–Crippen MR) is 80.9 cm³/mol. The highest BCUT2D eigenvalue weighted by atomic mass is 79.9. The van der Waals surface area contributed by atoms with E-state index in [4.69, 9.17) is 0 Å². The Kier molecular flexibility index (Phi) is 6.55. The number of halogens is 1. The van der Waals surface area contributed by atoms with Crippen LogP contribution in [-0.2, 0) is 0 Å². The van der Waals surface area contributed by atoms with Crippen LogP contribution in [-0.4, -0.2) is 38.3 Å². The first kappa shape index (κ1) is 15.0. The van der Waals surface area contributed by atoms with E-state index in [0.717, 1.165) is 16.8 Å². The second-order valence-electron chi connectivity index (χ2n) is 4.34. The molecule has 2 nitrogen and oxygen atoms in total. The first-order valence-corrected chi connectivity index (χ1v) is 7.56. The van der Waals surface area contributed by atoms with Gasteiger partial charge in [-0.3, -0.25) is 0 Å². The van der Waals surface area contributed by atoms with Crippen LogP contribution in [0.4, 0.5) is 0 Å². The lowest BCUT2D eigenvalue weighted by Crippen LogP contribution is -2.16. The molecule has 0 bridgehead atoms. The summed E-state index contributed by atoms with van der Waals surface area (Å²) in [4.78, 5) is 3.59. The number of hydrogen-bond donors (Lipinski definition) is 1. The molecule has 0 fully saturated rings. The van der Waals surface area contributed by atoms with Crippen molar-refractivity contribution in [3.05, 3.63) is 28.2 Å². The third kappa shape index (κ3) is 5.00. The quantitative estimate of drug-likeness (QED) is 0.810. The summed E-state index contributed by atoms with van der Waals surface area (Å²) < 4.78 is 1.14. The minimum Gasteiger partial charge on any atom is -0.313 e. The van der Waals surface area contributed by atoms with E-state index in [1.165, 1.54) is 10.5 Å². The van der Waals surface area contributed by atoms with Gasteiger partial charge in [-0.2, -0.15) is 0 Å². The van der Waals surface area contributed by atoms with E-state index in [9.17, 15) is 0 Å². The van der Waals surface area contributed by atoms with Gasteiger partial charge in [0.15, 0.2) is 0 Å². The highest BCUT2D eigenvalue weighted by molar-refractivity contribution is 9.10. The molecule has 1 aromatic rings. The van der Waals surface area contributed by atoms with Crippen molar-refractivity contribution in [1.29, 1.82) is 0 Å². The average Bonchev–Trinajstić information content (AvgIpc) is 2.29. The topological polar surface area (TPSA) is 15.3 Å². The molecular weight excluding hydrogens is 296 g/mol. The molecule has 0 aromatic heterocycles. The number of rotatable bonds is 6. The van der Waals surface area contributed by atoms with E-state index in [-0.39, 0.29) is 0 Å². The van der Waals surface area contributed by atoms with Crippen LogP contribution < -0.4 is 5.32 Å². The molecule has 0 saturated carbocycles. The lowest BCUT2D eigenvalue weighted by molar-refractivity contribution is 0.437. The largest absolute Gasteiger partial charge is 0.313 e. The van der Waals surface area contributed by atoms with Crippen molar-refractivity contribution >= 4 is 27.7 Å². The van der Waals surface area contributed by atoms with Gasteiger partial charge in [-0.15, -0.1) is 11.8 Å². The lowest BCUT2D eigenvalue weighted by atomic mass is 10.1. The van der Waals surface area contributed by atoms with Crippen LogP contribution in [0.2, 0.25) is 0 Å². The van der Waals surface area contributed by atoms with Crippen molar-refractivity contribution in [2.24, 2.45) is 0 Å². The summed E-state index contributed by atoms with van der Waals surface area (Å²) in [6, 6.07) is 6.91. The summed E-state index contributed by atoms with van der Waals surface area (Å²) in [5, 5.41) is 3.30. The Bertz CT molecular complexity index is 355. The highest BCUT2D eigenvalue weighted by Gasteiger charge is 2.09. The molecule has 0 amide bonds. The van der Waals surface area contributed by atoms with Gasteiger partial charge in [0.25, 0.3) is 0 Å². The maximum absolute atomic E-state index is 3.54. The van der Waals surface area contributed by atoms with Crippen LogP contribution in [0.25, 0.3) is 0 Å². The fourth-order valence-corrected chi connectivity index (χ4v) is 3.10. The van der Waals surface area contributed by atoms with Gasteiger partial charge < -0.3 is 10.2 Å². The molecule has 0 heterocycles. The van der Waals surface area contributed by atoms with Gasteiger partial charge in [-0.05, 0) is 51.8 Å². The minimum absolute atomic E-state index is 0.384. The molecule has 0 saturated heterocycles. The molecule has 0 spiro atoms. The maximum Gasteiger partial charge on any atom is 0.0300 e. The van der Waals surface area contributed by atoms with Crippen molar-refractivity contribution in [2.45, 2.75) is 17.9 Å². The molecular formula is C13H21BrN2S. The van der Waals surface area contributed by atoms with Crippen LogP contribution in [0, 0.1) is 0 Å². The van der Waals surface area contributed by atoms with E-state index in [1.54, 1.807) is 0 Å². The number of thioether (sulfide) groups is 1. The maximum atomic E-state index is 3.54. The van der Waals surface area contributed by atoms with Gasteiger partial charge in [0, 0.05) is 27.7 Å². The Hall–Kier alpha value is -0.0300. The van der Waals surface area contributed by atoms with Crippen molar-refractivity contribution in [1.82, 2.24) is 10.2 Å². The monoisotopic (exact) mass is 316 g/mol. The smallest absolute Gasteiger partial charge is 0.0300 e. The molecule has 4 heteroatoms. The molecule has 0 aliphatic heterocycles. The minimum atomic E-state index is 0.384. The SMILES string of the molecule is CNC(C)c1cc(Br)ccc1SCCN(C)C.